The van der Waals surface area contributed by atoms with Gasteiger partial charge in [0, 0.05) is 12.6 Å². The number of carbonyl (C=O) groups is 2. The fraction of sp³-hybridized carbons (Fsp3) is 0.529. The lowest BCUT2D eigenvalue weighted by Crippen LogP contribution is -2.49. The van der Waals surface area contributed by atoms with Crippen LogP contribution < -0.4 is 21.1 Å². The van der Waals surface area contributed by atoms with Crippen LogP contribution in [0, 0.1) is 0 Å². The van der Waals surface area contributed by atoms with Crippen LogP contribution in [0.2, 0.25) is 0 Å². The molecule has 0 bridgehead atoms. The first-order chi connectivity index (χ1) is 10.8. The standard InChI is InChI=1S/C17H25N3O3.ClH/c1-17(2,18)16(22)19-10-9-12-3-7-14(8-4-12)23-11-15(21)20-13-5-6-13;/h3-4,7-8,13H,5-6,9-11,18H2,1-2H3,(H,19,22)(H,20,21);1H. The molecule has 24 heavy (non-hydrogen) atoms. The minimum Gasteiger partial charge on any atom is -0.484 e. The second kappa shape index (κ2) is 8.89. The molecule has 1 aliphatic carbocycles. The molecule has 134 valence electrons. The molecular formula is C17H26ClN3O3. The van der Waals surface area contributed by atoms with E-state index in [4.69, 9.17) is 10.5 Å². The van der Waals surface area contributed by atoms with Gasteiger partial charge in [-0.25, -0.2) is 0 Å². The van der Waals surface area contributed by atoms with E-state index in [2.05, 4.69) is 10.6 Å². The first-order valence-electron chi connectivity index (χ1n) is 7.93. The summed E-state index contributed by atoms with van der Waals surface area (Å²) in [5, 5.41) is 5.67. The maximum absolute atomic E-state index is 11.6. The second-order valence-electron chi connectivity index (χ2n) is 6.50. The molecule has 0 heterocycles. The summed E-state index contributed by atoms with van der Waals surface area (Å²) in [7, 11) is 0. The molecule has 1 aromatic rings. The predicted molar refractivity (Wildman–Crippen MR) is 95.3 cm³/mol. The summed E-state index contributed by atoms with van der Waals surface area (Å²) in [5.74, 6) is 0.412. The highest BCUT2D eigenvalue weighted by atomic mass is 35.5. The maximum Gasteiger partial charge on any atom is 0.258 e. The third-order valence-corrected chi connectivity index (χ3v) is 3.52. The molecule has 0 unspecified atom stereocenters. The third kappa shape index (κ3) is 7.19. The molecule has 2 rings (SSSR count). The van der Waals surface area contributed by atoms with Crippen LogP contribution in [0.3, 0.4) is 0 Å². The average molecular weight is 356 g/mol. The van der Waals surface area contributed by atoms with Crippen LogP contribution in [0.25, 0.3) is 0 Å². The van der Waals surface area contributed by atoms with Crippen LogP contribution in [0.1, 0.15) is 32.3 Å². The van der Waals surface area contributed by atoms with Crippen molar-refractivity contribution in [2.24, 2.45) is 5.73 Å². The summed E-state index contributed by atoms with van der Waals surface area (Å²) in [4.78, 5) is 23.2. The van der Waals surface area contributed by atoms with Crippen LogP contribution in [-0.2, 0) is 16.0 Å². The number of amides is 2. The van der Waals surface area contributed by atoms with Crippen LogP contribution in [0.4, 0.5) is 0 Å². The Hall–Kier alpha value is -1.79. The van der Waals surface area contributed by atoms with Crippen LogP contribution in [0.15, 0.2) is 24.3 Å². The molecule has 2 amide bonds. The third-order valence-electron chi connectivity index (χ3n) is 3.52. The van der Waals surface area contributed by atoms with Crippen molar-refractivity contribution in [3.05, 3.63) is 29.8 Å². The number of ether oxygens (including phenoxy) is 1. The lowest BCUT2D eigenvalue weighted by Gasteiger charge is -2.17. The van der Waals surface area contributed by atoms with Gasteiger partial charge >= 0.3 is 0 Å². The molecule has 4 N–H and O–H groups in total. The highest BCUT2D eigenvalue weighted by molar-refractivity contribution is 5.85. The van der Waals surface area contributed by atoms with E-state index >= 15 is 0 Å². The van der Waals surface area contributed by atoms with Crippen molar-refractivity contribution in [1.82, 2.24) is 10.6 Å². The number of benzene rings is 1. The van der Waals surface area contributed by atoms with Gasteiger partial charge in [-0.05, 0) is 50.8 Å². The number of hydrogen-bond donors (Lipinski definition) is 3. The summed E-state index contributed by atoms with van der Waals surface area (Å²) in [6.07, 6.45) is 2.85. The quantitative estimate of drug-likeness (QED) is 0.652. The molecule has 0 saturated heterocycles. The molecule has 6 nitrogen and oxygen atoms in total. The van der Waals surface area contributed by atoms with Gasteiger partial charge in [-0.15, -0.1) is 12.4 Å². The first kappa shape index (κ1) is 20.3. The molecule has 0 spiro atoms. The van der Waals surface area contributed by atoms with Crippen molar-refractivity contribution < 1.29 is 14.3 Å². The number of rotatable bonds is 8. The summed E-state index contributed by atoms with van der Waals surface area (Å²) in [6.45, 7) is 3.92. The van der Waals surface area contributed by atoms with Gasteiger partial charge in [-0.1, -0.05) is 12.1 Å². The van der Waals surface area contributed by atoms with Crippen molar-refractivity contribution in [3.63, 3.8) is 0 Å². The largest absolute Gasteiger partial charge is 0.484 e. The zero-order chi connectivity index (χ0) is 16.9. The molecule has 0 atom stereocenters. The van der Waals surface area contributed by atoms with Crippen LogP contribution in [-0.4, -0.2) is 36.5 Å². The normalized spacial score (nSPS) is 13.6. The van der Waals surface area contributed by atoms with E-state index in [0.29, 0.717) is 24.8 Å². The van der Waals surface area contributed by atoms with E-state index in [1.165, 1.54) is 0 Å². The van der Waals surface area contributed by atoms with Crippen molar-refractivity contribution >= 4 is 24.2 Å². The zero-order valence-corrected chi connectivity index (χ0v) is 14.9. The van der Waals surface area contributed by atoms with Gasteiger partial charge in [0.1, 0.15) is 5.75 Å². The molecule has 7 heteroatoms. The maximum atomic E-state index is 11.6. The Morgan fingerprint density at radius 3 is 2.42 bits per heavy atom. The van der Waals surface area contributed by atoms with Gasteiger partial charge in [-0.3, -0.25) is 9.59 Å². The zero-order valence-electron chi connectivity index (χ0n) is 14.1. The van der Waals surface area contributed by atoms with Crippen LogP contribution >= 0.6 is 12.4 Å². The van der Waals surface area contributed by atoms with Gasteiger partial charge in [0.25, 0.3) is 5.91 Å². The first-order valence-corrected chi connectivity index (χ1v) is 7.93. The number of hydrogen-bond acceptors (Lipinski definition) is 4. The van der Waals surface area contributed by atoms with E-state index in [1.807, 2.05) is 24.3 Å². The molecule has 1 saturated carbocycles. The fourth-order valence-corrected chi connectivity index (χ4v) is 1.95. The minimum absolute atomic E-state index is 0. The molecular weight excluding hydrogens is 330 g/mol. The van der Waals surface area contributed by atoms with E-state index in [1.54, 1.807) is 13.8 Å². The molecule has 0 aliphatic heterocycles. The van der Waals surface area contributed by atoms with Gasteiger partial charge in [-0.2, -0.15) is 0 Å². The van der Waals surface area contributed by atoms with Gasteiger partial charge in [0.05, 0.1) is 5.54 Å². The molecule has 1 fully saturated rings. The van der Waals surface area contributed by atoms with Crippen molar-refractivity contribution in [2.75, 3.05) is 13.2 Å². The lowest BCUT2D eigenvalue weighted by atomic mass is 10.1. The summed E-state index contributed by atoms with van der Waals surface area (Å²) < 4.78 is 5.44. The van der Waals surface area contributed by atoms with Crippen LogP contribution in [0.5, 0.6) is 5.75 Å². The summed E-state index contributed by atoms with van der Waals surface area (Å²) >= 11 is 0. The van der Waals surface area contributed by atoms with Crippen molar-refractivity contribution in [2.45, 2.75) is 44.7 Å². The van der Waals surface area contributed by atoms with Gasteiger partial charge < -0.3 is 21.1 Å². The smallest absolute Gasteiger partial charge is 0.258 e. The number of halogens is 1. The Labute approximate surface area is 148 Å². The monoisotopic (exact) mass is 355 g/mol. The van der Waals surface area contributed by atoms with Gasteiger partial charge in [0.15, 0.2) is 6.61 Å². The van der Waals surface area contributed by atoms with Crippen molar-refractivity contribution in [1.29, 1.82) is 0 Å². The van der Waals surface area contributed by atoms with E-state index < -0.39 is 5.54 Å². The highest BCUT2D eigenvalue weighted by Gasteiger charge is 2.23. The Balaban J connectivity index is 0.00000288. The Morgan fingerprint density at radius 2 is 1.88 bits per heavy atom. The Morgan fingerprint density at radius 1 is 1.25 bits per heavy atom. The molecule has 0 radical (unpaired) electrons. The van der Waals surface area contributed by atoms with Crippen molar-refractivity contribution in [3.8, 4) is 5.75 Å². The molecule has 0 aromatic heterocycles. The second-order valence-corrected chi connectivity index (χ2v) is 6.50. The van der Waals surface area contributed by atoms with E-state index in [-0.39, 0.29) is 30.8 Å². The number of nitrogens with two attached hydrogens (primary N) is 1. The summed E-state index contributed by atoms with van der Waals surface area (Å²) in [6, 6.07) is 7.85. The van der Waals surface area contributed by atoms with E-state index in [0.717, 1.165) is 18.4 Å². The van der Waals surface area contributed by atoms with E-state index in [9.17, 15) is 9.59 Å². The topological polar surface area (TPSA) is 93.5 Å². The Kier molecular flexibility index (Phi) is 7.51. The Bertz CT molecular complexity index is 551. The van der Waals surface area contributed by atoms with Gasteiger partial charge in [0.2, 0.25) is 5.91 Å². The summed E-state index contributed by atoms with van der Waals surface area (Å²) in [5.41, 5.74) is 5.93. The fourth-order valence-electron chi connectivity index (χ4n) is 1.95. The number of carbonyl (C=O) groups excluding carboxylic acids is 2. The average Bonchev–Trinajstić information content (AvgIpc) is 3.29. The molecule has 1 aliphatic rings. The predicted octanol–water partition coefficient (Wildman–Crippen LogP) is 1.16. The highest BCUT2D eigenvalue weighted by Crippen LogP contribution is 2.18. The lowest BCUT2D eigenvalue weighted by molar-refractivity contribution is -0.125. The minimum atomic E-state index is -0.862. The number of nitrogens with one attached hydrogen (secondary N) is 2. The molecule has 1 aromatic carbocycles. The SMILES string of the molecule is CC(C)(N)C(=O)NCCc1ccc(OCC(=O)NC2CC2)cc1.Cl.